The SMILES string of the molecule is CC(=CCCNC(C)(C)C)C(=N)N. The fourth-order valence-electron chi connectivity index (χ4n) is 0.846. The molecule has 0 spiro atoms. The van der Waals surface area contributed by atoms with Crippen LogP contribution in [-0.2, 0) is 0 Å². The Kier molecular flexibility index (Phi) is 4.70. The maximum Gasteiger partial charge on any atom is 0.117 e. The monoisotopic (exact) mass is 183 g/mol. The molecule has 76 valence electrons. The van der Waals surface area contributed by atoms with Crippen molar-refractivity contribution in [2.75, 3.05) is 6.54 Å². The Hall–Kier alpha value is -0.830. The molecule has 0 aliphatic carbocycles. The van der Waals surface area contributed by atoms with E-state index in [-0.39, 0.29) is 11.4 Å². The van der Waals surface area contributed by atoms with Gasteiger partial charge in [-0.2, -0.15) is 0 Å². The maximum absolute atomic E-state index is 7.15. The van der Waals surface area contributed by atoms with Crippen LogP contribution in [0, 0.1) is 5.41 Å². The summed E-state index contributed by atoms with van der Waals surface area (Å²) < 4.78 is 0. The van der Waals surface area contributed by atoms with Gasteiger partial charge in [-0.1, -0.05) is 6.08 Å². The zero-order valence-corrected chi connectivity index (χ0v) is 9.07. The van der Waals surface area contributed by atoms with Gasteiger partial charge in [0.2, 0.25) is 0 Å². The molecule has 3 heteroatoms. The Labute approximate surface area is 80.9 Å². The normalized spacial score (nSPS) is 13.1. The first kappa shape index (κ1) is 12.2. The van der Waals surface area contributed by atoms with Crippen molar-refractivity contribution in [3.8, 4) is 0 Å². The Morgan fingerprint density at radius 1 is 1.46 bits per heavy atom. The predicted octanol–water partition coefficient (Wildman–Crippen LogP) is 1.65. The molecule has 3 nitrogen and oxygen atoms in total. The predicted molar refractivity (Wildman–Crippen MR) is 58.0 cm³/mol. The van der Waals surface area contributed by atoms with E-state index in [1.807, 2.05) is 13.0 Å². The van der Waals surface area contributed by atoms with Crippen molar-refractivity contribution in [1.29, 1.82) is 5.41 Å². The number of hydrogen-bond acceptors (Lipinski definition) is 2. The zero-order chi connectivity index (χ0) is 10.5. The van der Waals surface area contributed by atoms with Crippen molar-refractivity contribution in [3.63, 3.8) is 0 Å². The van der Waals surface area contributed by atoms with Crippen LogP contribution < -0.4 is 11.1 Å². The summed E-state index contributed by atoms with van der Waals surface area (Å²) in [4.78, 5) is 0. The summed E-state index contributed by atoms with van der Waals surface area (Å²) in [5.41, 5.74) is 6.32. The van der Waals surface area contributed by atoms with Crippen LogP contribution in [-0.4, -0.2) is 17.9 Å². The molecule has 0 aromatic rings. The van der Waals surface area contributed by atoms with Crippen LogP contribution >= 0.6 is 0 Å². The Bertz CT molecular complexity index is 199. The molecule has 0 saturated carbocycles. The highest BCUT2D eigenvalue weighted by molar-refractivity contribution is 5.93. The van der Waals surface area contributed by atoms with Gasteiger partial charge >= 0.3 is 0 Å². The van der Waals surface area contributed by atoms with Crippen molar-refractivity contribution in [2.24, 2.45) is 5.73 Å². The molecule has 0 rings (SSSR count). The van der Waals surface area contributed by atoms with Crippen molar-refractivity contribution in [1.82, 2.24) is 5.32 Å². The minimum atomic E-state index is 0.163. The summed E-state index contributed by atoms with van der Waals surface area (Å²) in [5.74, 6) is 0.163. The largest absolute Gasteiger partial charge is 0.384 e. The summed E-state index contributed by atoms with van der Waals surface area (Å²) in [5, 5.41) is 10.5. The Morgan fingerprint density at radius 3 is 2.38 bits per heavy atom. The molecule has 0 amide bonds. The Morgan fingerprint density at radius 2 is 2.00 bits per heavy atom. The molecule has 0 heterocycles. The van der Waals surface area contributed by atoms with Crippen molar-refractivity contribution in [2.45, 2.75) is 39.7 Å². The average molecular weight is 183 g/mol. The van der Waals surface area contributed by atoms with E-state index >= 15 is 0 Å². The third-order valence-corrected chi connectivity index (χ3v) is 1.68. The van der Waals surface area contributed by atoms with Crippen LogP contribution in [0.1, 0.15) is 34.1 Å². The van der Waals surface area contributed by atoms with E-state index in [9.17, 15) is 0 Å². The zero-order valence-electron chi connectivity index (χ0n) is 9.07. The first-order chi connectivity index (χ1) is 5.83. The molecule has 0 fully saturated rings. The van der Waals surface area contributed by atoms with Gasteiger partial charge in [0.25, 0.3) is 0 Å². The van der Waals surface area contributed by atoms with E-state index < -0.39 is 0 Å². The average Bonchev–Trinajstić information content (AvgIpc) is 1.95. The number of amidine groups is 1. The lowest BCUT2D eigenvalue weighted by atomic mass is 10.1. The number of rotatable bonds is 4. The highest BCUT2D eigenvalue weighted by Crippen LogP contribution is 1.99. The lowest BCUT2D eigenvalue weighted by Gasteiger charge is -2.19. The number of nitrogens with one attached hydrogen (secondary N) is 2. The Balaban J connectivity index is 3.68. The third-order valence-electron chi connectivity index (χ3n) is 1.68. The molecule has 0 unspecified atom stereocenters. The van der Waals surface area contributed by atoms with Gasteiger partial charge < -0.3 is 11.1 Å². The van der Waals surface area contributed by atoms with Crippen molar-refractivity contribution in [3.05, 3.63) is 11.6 Å². The first-order valence-electron chi connectivity index (χ1n) is 4.59. The van der Waals surface area contributed by atoms with Gasteiger partial charge in [-0.05, 0) is 46.2 Å². The topological polar surface area (TPSA) is 61.9 Å². The van der Waals surface area contributed by atoms with E-state index in [1.165, 1.54) is 0 Å². The van der Waals surface area contributed by atoms with Gasteiger partial charge in [0.1, 0.15) is 5.84 Å². The molecule has 0 aliphatic heterocycles. The quantitative estimate of drug-likeness (QED) is 0.352. The molecule has 0 aromatic carbocycles. The highest BCUT2D eigenvalue weighted by Gasteiger charge is 2.06. The molecule has 4 N–H and O–H groups in total. The summed E-state index contributed by atoms with van der Waals surface area (Å²) in [6, 6.07) is 0. The molecule has 0 aromatic heterocycles. The second kappa shape index (κ2) is 5.02. The second-order valence-electron chi connectivity index (χ2n) is 4.27. The van der Waals surface area contributed by atoms with Gasteiger partial charge in [-0.25, -0.2) is 0 Å². The molecular weight excluding hydrogens is 162 g/mol. The van der Waals surface area contributed by atoms with E-state index in [0.29, 0.717) is 0 Å². The molecule has 0 atom stereocenters. The smallest absolute Gasteiger partial charge is 0.117 e. The van der Waals surface area contributed by atoms with Gasteiger partial charge in [0.05, 0.1) is 0 Å². The van der Waals surface area contributed by atoms with Crippen molar-refractivity contribution >= 4 is 5.84 Å². The lowest BCUT2D eigenvalue weighted by Crippen LogP contribution is -2.36. The molecule has 0 aliphatic rings. The number of nitrogens with two attached hydrogens (primary N) is 1. The van der Waals surface area contributed by atoms with Crippen LogP contribution in [0.2, 0.25) is 0 Å². The standard InChI is InChI=1S/C10H21N3/c1-8(9(11)12)6-5-7-13-10(2,3)4/h6,13H,5,7H2,1-4H3,(H3,11,12). The molecular formula is C10H21N3. The van der Waals surface area contributed by atoms with Crippen LogP contribution in [0.25, 0.3) is 0 Å². The van der Waals surface area contributed by atoms with Crippen LogP contribution in [0.15, 0.2) is 11.6 Å². The fraction of sp³-hybridized carbons (Fsp3) is 0.700. The minimum absolute atomic E-state index is 0.163. The molecule has 0 radical (unpaired) electrons. The van der Waals surface area contributed by atoms with Crippen LogP contribution in [0.5, 0.6) is 0 Å². The second-order valence-corrected chi connectivity index (χ2v) is 4.27. The van der Waals surface area contributed by atoms with Gasteiger partial charge in [-0.3, -0.25) is 5.41 Å². The summed E-state index contributed by atoms with van der Waals surface area (Å²) in [6.07, 6.45) is 2.91. The lowest BCUT2D eigenvalue weighted by molar-refractivity contribution is 0.431. The van der Waals surface area contributed by atoms with E-state index in [1.54, 1.807) is 0 Å². The summed E-state index contributed by atoms with van der Waals surface area (Å²) in [7, 11) is 0. The van der Waals surface area contributed by atoms with Gasteiger partial charge in [0.15, 0.2) is 0 Å². The van der Waals surface area contributed by atoms with Gasteiger partial charge in [0, 0.05) is 5.54 Å². The van der Waals surface area contributed by atoms with Crippen molar-refractivity contribution < 1.29 is 0 Å². The maximum atomic E-state index is 7.15. The van der Waals surface area contributed by atoms with E-state index in [2.05, 4.69) is 26.1 Å². The molecule has 13 heavy (non-hydrogen) atoms. The first-order valence-corrected chi connectivity index (χ1v) is 4.59. The molecule has 0 bridgehead atoms. The van der Waals surface area contributed by atoms with Crippen LogP contribution in [0.3, 0.4) is 0 Å². The van der Waals surface area contributed by atoms with E-state index in [0.717, 1.165) is 18.5 Å². The van der Waals surface area contributed by atoms with E-state index in [4.69, 9.17) is 11.1 Å². The third kappa shape index (κ3) is 7.53. The van der Waals surface area contributed by atoms with Gasteiger partial charge in [-0.15, -0.1) is 0 Å². The molecule has 0 saturated heterocycles. The number of hydrogen-bond donors (Lipinski definition) is 3. The summed E-state index contributed by atoms with van der Waals surface area (Å²) in [6.45, 7) is 9.19. The minimum Gasteiger partial charge on any atom is -0.384 e. The highest BCUT2D eigenvalue weighted by atomic mass is 14.9. The fourth-order valence-corrected chi connectivity index (χ4v) is 0.846. The summed E-state index contributed by atoms with van der Waals surface area (Å²) >= 11 is 0. The van der Waals surface area contributed by atoms with Crippen LogP contribution in [0.4, 0.5) is 0 Å².